The molecule has 1 aromatic heterocycles. The Morgan fingerprint density at radius 1 is 1.61 bits per heavy atom. The van der Waals surface area contributed by atoms with Gasteiger partial charge in [0.15, 0.2) is 0 Å². The molecule has 0 bridgehead atoms. The number of pyridine rings is 1. The average Bonchev–Trinajstić information content (AvgIpc) is 2.39. The molecule has 2 atom stereocenters. The van der Waals surface area contributed by atoms with Crippen LogP contribution in [0.5, 0.6) is 0 Å². The molecule has 1 aromatic rings. The lowest BCUT2D eigenvalue weighted by Gasteiger charge is -2.36. The fourth-order valence-electron chi connectivity index (χ4n) is 2.31. The second-order valence-corrected chi connectivity index (χ2v) is 4.75. The van der Waals surface area contributed by atoms with E-state index in [0.29, 0.717) is 23.9 Å². The fraction of sp³-hybridized carbons (Fsp3) is 0.538. The predicted octanol–water partition coefficient (Wildman–Crippen LogP) is 1.56. The minimum atomic E-state index is 0. The number of nitrogens with zero attached hydrogens (tertiary/aromatic N) is 2. The predicted molar refractivity (Wildman–Crippen MR) is 73.7 cm³/mol. The van der Waals surface area contributed by atoms with Crippen molar-refractivity contribution in [3.8, 4) is 0 Å². The van der Waals surface area contributed by atoms with Crippen molar-refractivity contribution in [2.24, 2.45) is 17.6 Å². The summed E-state index contributed by atoms with van der Waals surface area (Å²) in [5.74, 6) is 1.10. The van der Waals surface area contributed by atoms with Crippen LogP contribution in [0.1, 0.15) is 23.7 Å². The molecule has 1 saturated heterocycles. The van der Waals surface area contributed by atoms with E-state index in [1.807, 2.05) is 11.0 Å². The molecule has 1 fully saturated rings. The van der Waals surface area contributed by atoms with E-state index >= 15 is 0 Å². The second-order valence-electron chi connectivity index (χ2n) is 4.75. The molecular weight excluding hydrogens is 250 g/mol. The van der Waals surface area contributed by atoms with Crippen LogP contribution in [0.25, 0.3) is 0 Å². The molecular formula is C13H20ClN3O. The molecule has 1 amide bonds. The first-order valence-corrected chi connectivity index (χ1v) is 6.11. The van der Waals surface area contributed by atoms with Gasteiger partial charge < -0.3 is 10.6 Å². The van der Waals surface area contributed by atoms with Crippen LogP contribution in [0.2, 0.25) is 0 Å². The maximum absolute atomic E-state index is 12.2. The van der Waals surface area contributed by atoms with Crippen molar-refractivity contribution in [3.63, 3.8) is 0 Å². The van der Waals surface area contributed by atoms with E-state index < -0.39 is 0 Å². The molecule has 1 aliphatic rings. The van der Waals surface area contributed by atoms with E-state index in [4.69, 9.17) is 5.73 Å². The van der Waals surface area contributed by atoms with Gasteiger partial charge in [-0.05, 0) is 36.9 Å². The van der Waals surface area contributed by atoms with E-state index in [0.717, 1.165) is 19.5 Å². The van der Waals surface area contributed by atoms with Gasteiger partial charge in [-0.1, -0.05) is 6.92 Å². The maximum Gasteiger partial charge on any atom is 0.255 e. The van der Waals surface area contributed by atoms with Crippen LogP contribution in [0, 0.1) is 11.8 Å². The number of likely N-dealkylation sites (tertiary alicyclic amines) is 1. The van der Waals surface area contributed by atoms with Crippen LogP contribution >= 0.6 is 12.4 Å². The SMILES string of the molecule is CC1CCN(C(=O)c2cccnc2)CC1CN.Cl. The van der Waals surface area contributed by atoms with E-state index in [2.05, 4.69) is 11.9 Å². The quantitative estimate of drug-likeness (QED) is 0.886. The number of hydrogen-bond donors (Lipinski definition) is 1. The van der Waals surface area contributed by atoms with Crippen LogP contribution in [0.4, 0.5) is 0 Å². The van der Waals surface area contributed by atoms with Gasteiger partial charge in [-0.3, -0.25) is 9.78 Å². The van der Waals surface area contributed by atoms with Crippen molar-refractivity contribution in [1.29, 1.82) is 0 Å². The number of halogens is 1. The van der Waals surface area contributed by atoms with Gasteiger partial charge in [0.1, 0.15) is 0 Å². The first-order chi connectivity index (χ1) is 8.22. The highest BCUT2D eigenvalue weighted by molar-refractivity contribution is 5.93. The van der Waals surface area contributed by atoms with E-state index in [1.165, 1.54) is 0 Å². The van der Waals surface area contributed by atoms with Gasteiger partial charge in [0, 0.05) is 25.5 Å². The Morgan fingerprint density at radius 2 is 2.39 bits per heavy atom. The highest BCUT2D eigenvalue weighted by Crippen LogP contribution is 2.23. The largest absolute Gasteiger partial charge is 0.338 e. The zero-order valence-corrected chi connectivity index (χ0v) is 11.4. The third kappa shape index (κ3) is 3.21. The van der Waals surface area contributed by atoms with Gasteiger partial charge in [-0.25, -0.2) is 0 Å². The molecule has 2 unspecified atom stereocenters. The molecule has 0 saturated carbocycles. The molecule has 2 heterocycles. The highest BCUT2D eigenvalue weighted by Gasteiger charge is 2.28. The second kappa shape index (κ2) is 6.71. The Hall–Kier alpha value is -1.13. The highest BCUT2D eigenvalue weighted by atomic mass is 35.5. The fourth-order valence-corrected chi connectivity index (χ4v) is 2.31. The van der Waals surface area contributed by atoms with Crippen LogP contribution in [0.3, 0.4) is 0 Å². The standard InChI is InChI=1S/C13H19N3O.ClH/c1-10-4-6-16(9-12(10)7-14)13(17)11-3-2-5-15-8-11;/h2-3,5,8,10,12H,4,6-7,9,14H2,1H3;1H. The van der Waals surface area contributed by atoms with Gasteiger partial charge in [0.05, 0.1) is 5.56 Å². The first-order valence-electron chi connectivity index (χ1n) is 6.11. The molecule has 0 spiro atoms. The summed E-state index contributed by atoms with van der Waals surface area (Å²) in [6.45, 7) is 4.46. The lowest BCUT2D eigenvalue weighted by atomic mass is 9.87. The number of carbonyl (C=O) groups excluding carboxylic acids is 1. The number of piperidine rings is 1. The van der Waals surface area contributed by atoms with Crippen LogP contribution in [-0.2, 0) is 0 Å². The van der Waals surface area contributed by atoms with Crippen molar-refractivity contribution in [1.82, 2.24) is 9.88 Å². The topological polar surface area (TPSA) is 59.2 Å². The van der Waals surface area contributed by atoms with Crippen molar-refractivity contribution >= 4 is 18.3 Å². The lowest BCUT2D eigenvalue weighted by Crippen LogP contribution is -2.45. The third-order valence-electron chi connectivity index (χ3n) is 3.61. The van der Waals surface area contributed by atoms with Crippen LogP contribution < -0.4 is 5.73 Å². The summed E-state index contributed by atoms with van der Waals surface area (Å²) in [7, 11) is 0. The number of nitrogens with two attached hydrogens (primary N) is 1. The average molecular weight is 270 g/mol. The van der Waals surface area contributed by atoms with E-state index in [9.17, 15) is 4.79 Å². The molecule has 2 rings (SSSR count). The Labute approximate surface area is 114 Å². The van der Waals surface area contributed by atoms with Gasteiger partial charge >= 0.3 is 0 Å². The maximum atomic E-state index is 12.2. The molecule has 1 aliphatic heterocycles. The first kappa shape index (κ1) is 14.9. The Bertz CT molecular complexity index is 385. The molecule has 0 radical (unpaired) electrons. The Balaban J connectivity index is 0.00000162. The third-order valence-corrected chi connectivity index (χ3v) is 3.61. The van der Waals surface area contributed by atoms with Crippen LogP contribution in [0.15, 0.2) is 24.5 Å². The lowest BCUT2D eigenvalue weighted by molar-refractivity contribution is 0.0618. The zero-order chi connectivity index (χ0) is 12.3. The summed E-state index contributed by atoms with van der Waals surface area (Å²) in [6.07, 6.45) is 4.34. The van der Waals surface area contributed by atoms with Crippen LogP contribution in [-0.4, -0.2) is 35.4 Å². The van der Waals surface area contributed by atoms with Gasteiger partial charge in [-0.15, -0.1) is 12.4 Å². The summed E-state index contributed by atoms with van der Waals surface area (Å²) < 4.78 is 0. The zero-order valence-electron chi connectivity index (χ0n) is 10.6. The molecule has 2 N–H and O–H groups in total. The Kier molecular flexibility index (Phi) is 5.56. The number of aromatic nitrogens is 1. The summed E-state index contributed by atoms with van der Waals surface area (Å²) in [6, 6.07) is 3.60. The molecule has 0 aromatic carbocycles. The van der Waals surface area contributed by atoms with Gasteiger partial charge in [0.2, 0.25) is 0 Å². The van der Waals surface area contributed by atoms with Crippen molar-refractivity contribution in [2.45, 2.75) is 13.3 Å². The smallest absolute Gasteiger partial charge is 0.255 e. The van der Waals surface area contributed by atoms with E-state index in [1.54, 1.807) is 18.5 Å². The number of carbonyl (C=O) groups is 1. The van der Waals surface area contributed by atoms with Crippen molar-refractivity contribution in [3.05, 3.63) is 30.1 Å². The normalized spacial score (nSPS) is 23.3. The molecule has 4 nitrogen and oxygen atoms in total. The minimum absolute atomic E-state index is 0. The van der Waals surface area contributed by atoms with E-state index in [-0.39, 0.29) is 18.3 Å². The summed E-state index contributed by atoms with van der Waals surface area (Å²) in [5, 5.41) is 0. The molecule has 100 valence electrons. The number of rotatable bonds is 2. The van der Waals surface area contributed by atoms with Crippen molar-refractivity contribution < 1.29 is 4.79 Å². The van der Waals surface area contributed by atoms with Crippen molar-refractivity contribution in [2.75, 3.05) is 19.6 Å². The monoisotopic (exact) mass is 269 g/mol. The minimum Gasteiger partial charge on any atom is -0.338 e. The summed E-state index contributed by atoms with van der Waals surface area (Å²) in [4.78, 5) is 18.1. The number of hydrogen-bond acceptors (Lipinski definition) is 3. The molecule has 0 aliphatic carbocycles. The number of amides is 1. The summed E-state index contributed by atoms with van der Waals surface area (Å²) in [5.41, 5.74) is 6.41. The molecule has 5 heteroatoms. The Morgan fingerprint density at radius 3 is 3.00 bits per heavy atom. The summed E-state index contributed by atoms with van der Waals surface area (Å²) >= 11 is 0. The van der Waals surface area contributed by atoms with Gasteiger partial charge in [0.25, 0.3) is 5.91 Å². The van der Waals surface area contributed by atoms with Gasteiger partial charge in [-0.2, -0.15) is 0 Å². The molecule has 18 heavy (non-hydrogen) atoms.